The number of aromatic hydroxyl groups is 1. The summed E-state index contributed by atoms with van der Waals surface area (Å²) < 4.78 is 0. The van der Waals surface area contributed by atoms with E-state index >= 15 is 0 Å². The molecule has 0 radical (unpaired) electrons. The standard InChI is InChI=1S/C36H42N8O8S/c37-25(19-23-12-14-24(45)15-13-23)35(49)42-17-5-10-28(42)32(47)40-26(20-22-7-2-1-3-8-22)36(50)43-18-6-11-29(43)33(48)41-27(31(38)46)21-53-34-30(44(51)52)9-4-16-39-34/h1-4,7-9,12-16,25-29,45H,5-6,10-11,17-21,37H2,(H2,38,46)(H,40,47)(H,41,48)/t25-,26-,27-,28-,29-/m0/s1. The number of amides is 5. The molecule has 2 fully saturated rings. The zero-order valence-corrected chi connectivity index (χ0v) is 29.7. The van der Waals surface area contributed by atoms with Crippen molar-refractivity contribution in [1.29, 1.82) is 0 Å². The molecule has 2 aliphatic rings. The average Bonchev–Trinajstić information content (AvgIpc) is 3.85. The molecule has 1 aromatic heterocycles. The van der Waals surface area contributed by atoms with E-state index in [0.717, 1.165) is 22.9 Å². The Kier molecular flexibility index (Phi) is 13.0. The quantitative estimate of drug-likeness (QED) is 0.0836. The van der Waals surface area contributed by atoms with E-state index in [2.05, 4.69) is 15.6 Å². The van der Waals surface area contributed by atoms with Crippen LogP contribution < -0.4 is 22.1 Å². The van der Waals surface area contributed by atoms with Gasteiger partial charge in [0.1, 0.15) is 29.9 Å². The van der Waals surface area contributed by atoms with Crippen LogP contribution in [-0.2, 0) is 36.8 Å². The van der Waals surface area contributed by atoms with E-state index in [1.807, 2.05) is 18.2 Å². The molecular formula is C36H42N8O8S. The highest BCUT2D eigenvalue weighted by molar-refractivity contribution is 7.99. The fraction of sp³-hybridized carbons (Fsp3) is 0.389. The van der Waals surface area contributed by atoms with Gasteiger partial charge in [-0.15, -0.1) is 0 Å². The molecule has 5 amide bonds. The first-order valence-electron chi connectivity index (χ1n) is 17.2. The normalized spacial score (nSPS) is 18.5. The second kappa shape index (κ2) is 17.8. The molecule has 0 spiro atoms. The van der Waals surface area contributed by atoms with E-state index in [-0.39, 0.29) is 48.0 Å². The van der Waals surface area contributed by atoms with E-state index in [0.29, 0.717) is 25.8 Å². The van der Waals surface area contributed by atoms with Crippen molar-refractivity contribution in [2.45, 2.75) is 73.8 Å². The van der Waals surface area contributed by atoms with Crippen LogP contribution in [0.3, 0.4) is 0 Å². The zero-order valence-electron chi connectivity index (χ0n) is 28.8. The summed E-state index contributed by atoms with van der Waals surface area (Å²) in [5, 5.41) is 26.5. The Labute approximate surface area is 309 Å². The molecule has 0 saturated carbocycles. The van der Waals surface area contributed by atoms with Gasteiger partial charge in [-0.1, -0.05) is 54.2 Å². The lowest BCUT2D eigenvalue weighted by molar-refractivity contribution is -0.388. The van der Waals surface area contributed by atoms with Gasteiger partial charge in [0.2, 0.25) is 29.5 Å². The lowest BCUT2D eigenvalue weighted by Gasteiger charge is -2.31. The third-order valence-corrected chi connectivity index (χ3v) is 10.4. The molecule has 16 nitrogen and oxygen atoms in total. The summed E-state index contributed by atoms with van der Waals surface area (Å²) in [4.78, 5) is 85.2. The predicted octanol–water partition coefficient (Wildman–Crippen LogP) is 1.04. The Hall–Kier alpha value is -5.55. The molecule has 0 aliphatic carbocycles. The van der Waals surface area contributed by atoms with Crippen molar-refractivity contribution >= 4 is 47.0 Å². The van der Waals surface area contributed by atoms with E-state index in [9.17, 15) is 39.2 Å². The number of thioether (sulfide) groups is 1. The highest BCUT2D eigenvalue weighted by Crippen LogP contribution is 2.27. The van der Waals surface area contributed by atoms with Gasteiger partial charge < -0.3 is 37.0 Å². The van der Waals surface area contributed by atoms with Crippen LogP contribution in [0.15, 0.2) is 78.0 Å². The van der Waals surface area contributed by atoms with Gasteiger partial charge in [0.25, 0.3) is 0 Å². The summed E-state index contributed by atoms with van der Waals surface area (Å²) in [5.41, 5.74) is 13.1. The summed E-state index contributed by atoms with van der Waals surface area (Å²) >= 11 is 0.892. The molecule has 7 N–H and O–H groups in total. The minimum absolute atomic E-state index is 0.0528. The Balaban J connectivity index is 1.28. The van der Waals surface area contributed by atoms with Crippen molar-refractivity contribution in [3.05, 3.63) is 94.2 Å². The number of nitrogens with one attached hydrogen (secondary N) is 2. The molecule has 2 aromatic carbocycles. The minimum Gasteiger partial charge on any atom is -0.508 e. The maximum Gasteiger partial charge on any atom is 0.301 e. The number of aromatic nitrogens is 1. The lowest BCUT2D eigenvalue weighted by Crippen LogP contribution is -2.59. The van der Waals surface area contributed by atoms with E-state index < -0.39 is 64.7 Å². The number of nitrogens with two attached hydrogens (primary N) is 2. The zero-order chi connectivity index (χ0) is 38.1. The number of hydrogen-bond donors (Lipinski definition) is 5. The van der Waals surface area contributed by atoms with Gasteiger partial charge in [-0.2, -0.15) is 0 Å². The number of benzene rings is 2. The number of nitrogens with zero attached hydrogens (tertiary/aromatic N) is 4. The van der Waals surface area contributed by atoms with Crippen LogP contribution >= 0.6 is 11.8 Å². The van der Waals surface area contributed by atoms with Crippen molar-refractivity contribution in [3.8, 4) is 5.75 Å². The first-order valence-corrected chi connectivity index (χ1v) is 18.2. The summed E-state index contributed by atoms with van der Waals surface area (Å²) in [6.45, 7) is 0.535. The molecule has 5 rings (SSSR count). The lowest BCUT2D eigenvalue weighted by atomic mass is 10.0. The Morgan fingerprint density at radius 3 is 2.04 bits per heavy atom. The molecule has 17 heteroatoms. The number of likely N-dealkylation sites (tertiary alicyclic amines) is 2. The first-order chi connectivity index (χ1) is 25.4. The fourth-order valence-corrected chi connectivity index (χ4v) is 7.57. The SMILES string of the molecule is NC(=O)[C@H](CSc1ncccc1[N+](=O)[O-])NC(=O)[C@@H]1CCCN1C(=O)[C@H](Cc1ccccc1)NC(=O)[C@@H]1CCCN1C(=O)[C@@H](N)Cc1ccc(O)cc1. The molecular weight excluding hydrogens is 705 g/mol. The predicted molar refractivity (Wildman–Crippen MR) is 194 cm³/mol. The van der Waals surface area contributed by atoms with Crippen molar-refractivity contribution in [3.63, 3.8) is 0 Å². The number of primary amides is 1. The summed E-state index contributed by atoms with van der Waals surface area (Å²) in [5.74, 6) is -2.97. The second-order valence-corrected chi connectivity index (χ2v) is 14.0. The van der Waals surface area contributed by atoms with Crippen LogP contribution in [-0.4, -0.2) is 103 Å². The molecule has 3 heterocycles. The monoisotopic (exact) mass is 746 g/mol. The maximum absolute atomic E-state index is 14.2. The molecule has 53 heavy (non-hydrogen) atoms. The van der Waals surface area contributed by atoms with Gasteiger partial charge in [-0.3, -0.25) is 34.1 Å². The van der Waals surface area contributed by atoms with E-state index in [1.54, 1.807) is 24.3 Å². The number of hydrogen-bond acceptors (Lipinski definition) is 11. The van der Waals surface area contributed by atoms with Gasteiger partial charge in [0.05, 0.1) is 11.0 Å². The van der Waals surface area contributed by atoms with Crippen LogP contribution in [0.2, 0.25) is 0 Å². The van der Waals surface area contributed by atoms with Gasteiger partial charge in [-0.05, 0) is 61.4 Å². The maximum atomic E-state index is 14.2. The van der Waals surface area contributed by atoms with Crippen molar-refractivity contribution in [2.24, 2.45) is 11.5 Å². The fourth-order valence-electron chi connectivity index (χ4n) is 6.57. The summed E-state index contributed by atoms with van der Waals surface area (Å²) in [6.07, 6.45) is 3.40. The molecule has 3 aromatic rings. The number of rotatable bonds is 15. The van der Waals surface area contributed by atoms with E-state index in [4.69, 9.17) is 11.5 Å². The smallest absolute Gasteiger partial charge is 0.301 e. The van der Waals surface area contributed by atoms with Crippen LogP contribution in [0, 0.1) is 10.1 Å². The molecule has 0 unspecified atom stereocenters. The Morgan fingerprint density at radius 2 is 1.43 bits per heavy atom. The van der Waals surface area contributed by atoms with Gasteiger partial charge in [0.15, 0.2) is 5.03 Å². The molecule has 280 valence electrons. The van der Waals surface area contributed by atoms with Crippen LogP contribution in [0.4, 0.5) is 5.69 Å². The average molecular weight is 747 g/mol. The molecule has 5 atom stereocenters. The molecule has 2 saturated heterocycles. The first kappa shape index (κ1) is 38.7. The van der Waals surface area contributed by atoms with Crippen molar-refractivity contribution < 1.29 is 34.0 Å². The number of carbonyl (C=O) groups excluding carboxylic acids is 5. The van der Waals surface area contributed by atoms with Gasteiger partial charge >= 0.3 is 5.69 Å². The number of phenolic OH excluding ortho intramolecular Hbond substituents is 1. The van der Waals surface area contributed by atoms with Crippen LogP contribution in [0.1, 0.15) is 36.8 Å². The van der Waals surface area contributed by atoms with Gasteiger partial charge in [0, 0.05) is 37.5 Å². The summed E-state index contributed by atoms with van der Waals surface area (Å²) in [7, 11) is 0. The molecule has 0 bridgehead atoms. The number of pyridine rings is 1. The third kappa shape index (κ3) is 9.87. The number of nitro groups is 1. The van der Waals surface area contributed by atoms with E-state index in [1.165, 1.54) is 40.3 Å². The molecule has 2 aliphatic heterocycles. The Bertz CT molecular complexity index is 1810. The largest absolute Gasteiger partial charge is 0.508 e. The number of phenols is 1. The minimum atomic E-state index is -1.22. The topological polar surface area (TPSA) is 244 Å². The highest BCUT2D eigenvalue weighted by atomic mass is 32.2. The van der Waals surface area contributed by atoms with Crippen molar-refractivity contribution in [2.75, 3.05) is 18.8 Å². The number of carbonyl (C=O) groups is 5. The second-order valence-electron chi connectivity index (χ2n) is 13.0. The van der Waals surface area contributed by atoms with Crippen molar-refractivity contribution in [1.82, 2.24) is 25.4 Å². The van der Waals surface area contributed by atoms with Crippen LogP contribution in [0.5, 0.6) is 5.75 Å². The van der Waals surface area contributed by atoms with Crippen LogP contribution in [0.25, 0.3) is 0 Å². The Morgan fingerprint density at radius 1 is 0.849 bits per heavy atom. The highest BCUT2D eigenvalue weighted by Gasteiger charge is 2.41. The van der Waals surface area contributed by atoms with Gasteiger partial charge in [-0.25, -0.2) is 4.98 Å². The summed E-state index contributed by atoms with van der Waals surface area (Å²) in [6, 6.07) is 13.0. The third-order valence-electron chi connectivity index (χ3n) is 9.28.